The summed E-state index contributed by atoms with van der Waals surface area (Å²) in [6.07, 6.45) is 1.12. The molecule has 1 aromatic carbocycles. The summed E-state index contributed by atoms with van der Waals surface area (Å²) >= 11 is 0. The standard InChI is InChI=1S/C17H25NO4/c1-12(2)17(11-18,7-6-8-19)13-9-14(20-3)16(22-5)15(10-13)21-4/h9-10,12,19H,6-8H2,1-5H3. The number of hydrogen-bond donors (Lipinski definition) is 1. The van der Waals surface area contributed by atoms with E-state index in [1.54, 1.807) is 21.3 Å². The molecule has 0 saturated carbocycles. The fourth-order valence-electron chi connectivity index (χ4n) is 2.71. The van der Waals surface area contributed by atoms with E-state index in [-0.39, 0.29) is 12.5 Å². The Kier molecular flexibility index (Phi) is 6.51. The molecule has 0 radical (unpaired) electrons. The first-order chi connectivity index (χ1) is 10.5. The number of aliphatic hydroxyl groups is 1. The predicted octanol–water partition coefficient (Wildman–Crippen LogP) is 2.90. The number of methoxy groups -OCH3 is 3. The summed E-state index contributed by atoms with van der Waals surface area (Å²) in [6.45, 7) is 4.06. The topological polar surface area (TPSA) is 71.7 Å². The first-order valence-corrected chi connectivity index (χ1v) is 7.33. The Morgan fingerprint density at radius 2 is 1.68 bits per heavy atom. The highest BCUT2D eigenvalue weighted by atomic mass is 16.5. The molecule has 0 amide bonds. The third-order valence-electron chi connectivity index (χ3n) is 4.09. The number of benzene rings is 1. The fraction of sp³-hybridized carbons (Fsp3) is 0.588. The van der Waals surface area contributed by atoms with E-state index >= 15 is 0 Å². The van der Waals surface area contributed by atoms with Gasteiger partial charge >= 0.3 is 0 Å². The maximum Gasteiger partial charge on any atom is 0.203 e. The molecule has 0 spiro atoms. The zero-order valence-corrected chi connectivity index (χ0v) is 14.0. The molecule has 0 heterocycles. The zero-order valence-electron chi connectivity index (χ0n) is 14.0. The van der Waals surface area contributed by atoms with Crippen molar-refractivity contribution in [1.82, 2.24) is 0 Å². The molecular formula is C17H25NO4. The number of rotatable bonds is 8. The molecule has 5 heteroatoms. The predicted molar refractivity (Wildman–Crippen MR) is 84.5 cm³/mol. The molecular weight excluding hydrogens is 282 g/mol. The zero-order chi connectivity index (χ0) is 16.8. The van der Waals surface area contributed by atoms with Gasteiger partial charge in [0.1, 0.15) is 0 Å². The third kappa shape index (κ3) is 3.28. The maximum absolute atomic E-state index is 9.84. The number of ether oxygens (including phenoxy) is 3. The Bertz CT molecular complexity index is 511. The summed E-state index contributed by atoms with van der Waals surface area (Å²) in [5, 5.41) is 19.0. The van der Waals surface area contributed by atoms with Crippen LogP contribution in [0.25, 0.3) is 0 Å². The van der Waals surface area contributed by atoms with Crippen molar-refractivity contribution in [3.63, 3.8) is 0 Å². The van der Waals surface area contributed by atoms with Crippen LogP contribution in [-0.2, 0) is 5.41 Å². The van der Waals surface area contributed by atoms with Crippen LogP contribution in [0.1, 0.15) is 32.3 Å². The van der Waals surface area contributed by atoms with E-state index in [1.165, 1.54) is 0 Å². The summed E-state index contributed by atoms with van der Waals surface area (Å²) in [4.78, 5) is 0. The normalized spacial score (nSPS) is 13.4. The Balaban J connectivity index is 3.52. The molecule has 1 rings (SSSR count). The van der Waals surface area contributed by atoms with Crippen LogP contribution >= 0.6 is 0 Å². The largest absolute Gasteiger partial charge is 0.493 e. The molecule has 1 aromatic rings. The Morgan fingerprint density at radius 3 is 2.00 bits per heavy atom. The first-order valence-electron chi connectivity index (χ1n) is 7.33. The third-order valence-corrected chi connectivity index (χ3v) is 4.09. The quantitative estimate of drug-likeness (QED) is 0.799. The number of nitrogens with zero attached hydrogens (tertiary/aromatic N) is 1. The first kappa shape index (κ1) is 18.1. The number of hydrogen-bond acceptors (Lipinski definition) is 5. The van der Waals surface area contributed by atoms with Gasteiger partial charge in [0.25, 0.3) is 0 Å². The number of nitriles is 1. The van der Waals surface area contributed by atoms with E-state index < -0.39 is 5.41 Å². The van der Waals surface area contributed by atoms with Gasteiger partial charge in [-0.05, 0) is 36.5 Å². The van der Waals surface area contributed by atoms with Crippen molar-refractivity contribution in [3.8, 4) is 23.3 Å². The van der Waals surface area contributed by atoms with Gasteiger partial charge in [-0.3, -0.25) is 0 Å². The average Bonchev–Trinajstić information content (AvgIpc) is 2.54. The molecule has 1 atom stereocenters. The van der Waals surface area contributed by atoms with Crippen molar-refractivity contribution in [2.45, 2.75) is 32.1 Å². The highest BCUT2D eigenvalue weighted by Crippen LogP contribution is 2.45. The molecule has 22 heavy (non-hydrogen) atoms. The van der Waals surface area contributed by atoms with Crippen molar-refractivity contribution in [2.75, 3.05) is 27.9 Å². The fourth-order valence-corrected chi connectivity index (χ4v) is 2.71. The van der Waals surface area contributed by atoms with E-state index in [0.717, 1.165) is 5.56 Å². The average molecular weight is 307 g/mol. The van der Waals surface area contributed by atoms with Crippen LogP contribution in [-0.4, -0.2) is 33.0 Å². The summed E-state index contributed by atoms with van der Waals surface area (Å²) in [7, 11) is 4.66. The van der Waals surface area contributed by atoms with Crippen LogP contribution in [0.4, 0.5) is 0 Å². The number of aliphatic hydroxyl groups excluding tert-OH is 1. The van der Waals surface area contributed by atoms with Gasteiger partial charge in [0.05, 0.1) is 32.8 Å². The maximum atomic E-state index is 9.84. The second-order valence-electron chi connectivity index (χ2n) is 5.48. The van der Waals surface area contributed by atoms with Crippen LogP contribution in [0.5, 0.6) is 17.2 Å². The molecule has 0 aliphatic carbocycles. The van der Waals surface area contributed by atoms with Crippen LogP contribution in [0.2, 0.25) is 0 Å². The highest BCUT2D eigenvalue weighted by molar-refractivity contribution is 5.56. The minimum absolute atomic E-state index is 0.0561. The molecule has 1 unspecified atom stereocenters. The van der Waals surface area contributed by atoms with E-state index in [2.05, 4.69) is 6.07 Å². The van der Waals surface area contributed by atoms with Crippen molar-refractivity contribution in [1.29, 1.82) is 5.26 Å². The Hall–Kier alpha value is -1.93. The summed E-state index contributed by atoms with van der Waals surface area (Å²) in [5.74, 6) is 1.64. The van der Waals surface area contributed by atoms with Gasteiger partial charge in [-0.25, -0.2) is 0 Å². The van der Waals surface area contributed by atoms with Crippen molar-refractivity contribution in [2.24, 2.45) is 5.92 Å². The summed E-state index contributed by atoms with van der Waals surface area (Å²) in [5.41, 5.74) is 0.100. The molecule has 0 fully saturated rings. The Labute approximate surface area is 132 Å². The summed E-state index contributed by atoms with van der Waals surface area (Å²) in [6, 6.07) is 6.09. The lowest BCUT2D eigenvalue weighted by Crippen LogP contribution is -2.31. The molecule has 0 aliphatic rings. The molecule has 0 bridgehead atoms. The monoisotopic (exact) mass is 307 g/mol. The summed E-state index contributed by atoms with van der Waals surface area (Å²) < 4.78 is 16.1. The minimum Gasteiger partial charge on any atom is -0.493 e. The van der Waals surface area contributed by atoms with Crippen LogP contribution in [0.3, 0.4) is 0 Å². The van der Waals surface area contributed by atoms with Gasteiger partial charge in [-0.15, -0.1) is 0 Å². The van der Waals surface area contributed by atoms with E-state index in [9.17, 15) is 5.26 Å². The SMILES string of the molecule is COc1cc(C(C#N)(CCCO)C(C)C)cc(OC)c1OC. The smallest absolute Gasteiger partial charge is 0.203 e. The van der Waals surface area contributed by atoms with E-state index in [0.29, 0.717) is 30.1 Å². The van der Waals surface area contributed by atoms with Crippen LogP contribution in [0.15, 0.2) is 12.1 Å². The molecule has 1 N–H and O–H groups in total. The van der Waals surface area contributed by atoms with E-state index in [4.69, 9.17) is 19.3 Å². The highest BCUT2D eigenvalue weighted by Gasteiger charge is 2.37. The van der Waals surface area contributed by atoms with Gasteiger partial charge in [0.2, 0.25) is 5.75 Å². The van der Waals surface area contributed by atoms with Gasteiger partial charge < -0.3 is 19.3 Å². The van der Waals surface area contributed by atoms with Crippen molar-refractivity contribution >= 4 is 0 Å². The van der Waals surface area contributed by atoms with Crippen molar-refractivity contribution in [3.05, 3.63) is 17.7 Å². The lowest BCUT2D eigenvalue weighted by atomic mass is 9.69. The molecule has 5 nitrogen and oxygen atoms in total. The van der Waals surface area contributed by atoms with Gasteiger partial charge in [-0.2, -0.15) is 5.26 Å². The lowest BCUT2D eigenvalue weighted by Gasteiger charge is -2.32. The van der Waals surface area contributed by atoms with Crippen LogP contribution < -0.4 is 14.2 Å². The van der Waals surface area contributed by atoms with Crippen molar-refractivity contribution < 1.29 is 19.3 Å². The van der Waals surface area contributed by atoms with Gasteiger partial charge in [0.15, 0.2) is 11.5 Å². The van der Waals surface area contributed by atoms with Gasteiger partial charge in [-0.1, -0.05) is 13.8 Å². The second kappa shape index (κ2) is 7.90. The van der Waals surface area contributed by atoms with Gasteiger partial charge in [0, 0.05) is 6.61 Å². The molecule has 122 valence electrons. The minimum atomic E-state index is -0.713. The molecule has 0 saturated heterocycles. The molecule has 0 aliphatic heterocycles. The molecule has 0 aromatic heterocycles. The van der Waals surface area contributed by atoms with E-state index in [1.807, 2.05) is 26.0 Å². The van der Waals surface area contributed by atoms with Crippen LogP contribution in [0, 0.1) is 17.2 Å². The Morgan fingerprint density at radius 1 is 1.14 bits per heavy atom. The second-order valence-corrected chi connectivity index (χ2v) is 5.48. The lowest BCUT2D eigenvalue weighted by molar-refractivity contribution is 0.255.